The molecule has 1 heterocycles. The third kappa shape index (κ3) is 1.47. The van der Waals surface area contributed by atoms with E-state index in [0.29, 0.717) is 23.5 Å². The summed E-state index contributed by atoms with van der Waals surface area (Å²) in [6, 6.07) is 5.23. The summed E-state index contributed by atoms with van der Waals surface area (Å²) in [5, 5.41) is 18.3. The van der Waals surface area contributed by atoms with Gasteiger partial charge in [-0.15, -0.1) is 0 Å². The minimum Gasteiger partial charge on any atom is -0.423 e. The molecule has 1 aromatic heterocycles. The summed E-state index contributed by atoms with van der Waals surface area (Å²) in [6.45, 7) is 2.66. The number of aryl methyl sites for hydroxylation is 1. The molecular weight excluding hydrogens is 193 g/mol. The summed E-state index contributed by atoms with van der Waals surface area (Å²) >= 11 is 0. The molecule has 4 N–H and O–H groups in total. The Labute approximate surface area is 87.3 Å². The first-order valence-electron chi connectivity index (χ1n) is 4.76. The van der Waals surface area contributed by atoms with Gasteiger partial charge in [-0.25, -0.2) is 4.98 Å². The zero-order chi connectivity index (χ0) is 11.0. The lowest BCUT2D eigenvalue weighted by molar-refractivity contribution is 0.426. The highest BCUT2D eigenvalue weighted by molar-refractivity contribution is 6.61. The molecule has 0 bridgehead atoms. The van der Waals surface area contributed by atoms with Crippen LogP contribution in [0.3, 0.4) is 0 Å². The van der Waals surface area contributed by atoms with Gasteiger partial charge in [-0.05, 0) is 13.0 Å². The number of hydrogen-bond acceptors (Lipinski definition) is 4. The fraction of sp³-hybridized carbons (Fsp3) is 0.222. The molecule has 0 unspecified atom stereocenters. The van der Waals surface area contributed by atoms with Gasteiger partial charge in [0.05, 0.1) is 11.0 Å². The quantitative estimate of drug-likeness (QED) is 0.567. The largest absolute Gasteiger partial charge is 0.490 e. The molecule has 78 valence electrons. The van der Waals surface area contributed by atoms with Crippen LogP contribution in [-0.2, 0) is 6.54 Å². The summed E-state index contributed by atoms with van der Waals surface area (Å²) in [4.78, 5) is 4.13. The van der Waals surface area contributed by atoms with Crippen molar-refractivity contribution in [3.8, 4) is 0 Å². The second-order valence-corrected chi connectivity index (χ2v) is 3.30. The molecule has 0 radical (unpaired) electrons. The number of nitrogens with two attached hydrogens (primary N) is 1. The Morgan fingerprint density at radius 3 is 2.80 bits per heavy atom. The van der Waals surface area contributed by atoms with Gasteiger partial charge < -0.3 is 20.3 Å². The van der Waals surface area contributed by atoms with Gasteiger partial charge in [-0.3, -0.25) is 0 Å². The Morgan fingerprint density at radius 2 is 2.20 bits per heavy atom. The highest BCUT2D eigenvalue weighted by Gasteiger charge is 2.18. The zero-order valence-electron chi connectivity index (χ0n) is 8.38. The maximum absolute atomic E-state index is 9.16. The van der Waals surface area contributed by atoms with Crippen molar-refractivity contribution in [2.75, 3.05) is 5.73 Å². The maximum atomic E-state index is 9.16. The van der Waals surface area contributed by atoms with Crippen molar-refractivity contribution >= 4 is 29.6 Å². The predicted molar refractivity (Wildman–Crippen MR) is 59.6 cm³/mol. The minimum atomic E-state index is -1.52. The van der Waals surface area contributed by atoms with Crippen LogP contribution in [0.4, 0.5) is 5.95 Å². The lowest BCUT2D eigenvalue weighted by Gasteiger charge is -2.02. The van der Waals surface area contributed by atoms with Crippen LogP contribution in [0.15, 0.2) is 18.2 Å². The van der Waals surface area contributed by atoms with Gasteiger partial charge in [0.25, 0.3) is 0 Å². The van der Waals surface area contributed by atoms with Gasteiger partial charge in [0.1, 0.15) is 0 Å². The van der Waals surface area contributed by atoms with E-state index in [2.05, 4.69) is 4.98 Å². The van der Waals surface area contributed by atoms with E-state index in [9.17, 15) is 0 Å². The number of imidazole rings is 1. The molecule has 0 atom stereocenters. The van der Waals surface area contributed by atoms with Crippen LogP contribution >= 0.6 is 0 Å². The average Bonchev–Trinajstić information content (AvgIpc) is 2.52. The molecule has 6 heteroatoms. The number of fused-ring (bicyclic) bond motifs is 1. The van der Waals surface area contributed by atoms with Crippen molar-refractivity contribution in [2.45, 2.75) is 13.5 Å². The second-order valence-electron chi connectivity index (χ2n) is 3.30. The Kier molecular flexibility index (Phi) is 2.38. The van der Waals surface area contributed by atoms with Crippen molar-refractivity contribution in [3.05, 3.63) is 18.2 Å². The van der Waals surface area contributed by atoms with Crippen molar-refractivity contribution in [3.63, 3.8) is 0 Å². The fourth-order valence-corrected chi connectivity index (χ4v) is 1.73. The number of para-hydroxylation sites is 1. The topological polar surface area (TPSA) is 84.3 Å². The summed E-state index contributed by atoms with van der Waals surface area (Å²) in [5.74, 6) is 0.389. The predicted octanol–water partition coefficient (Wildman–Crippen LogP) is -0.682. The van der Waals surface area contributed by atoms with Crippen LogP contribution in [0.25, 0.3) is 11.0 Å². The van der Waals surface area contributed by atoms with Crippen molar-refractivity contribution in [2.24, 2.45) is 0 Å². The molecule has 1 aromatic carbocycles. The highest BCUT2D eigenvalue weighted by atomic mass is 16.4. The van der Waals surface area contributed by atoms with E-state index < -0.39 is 7.12 Å². The first-order chi connectivity index (χ1) is 7.15. The zero-order valence-corrected chi connectivity index (χ0v) is 8.38. The fourth-order valence-electron chi connectivity index (χ4n) is 1.73. The Balaban J connectivity index is 2.77. The number of rotatable bonds is 2. The number of benzene rings is 1. The van der Waals surface area contributed by atoms with Crippen LogP contribution < -0.4 is 11.2 Å². The summed E-state index contributed by atoms with van der Waals surface area (Å²) in [6.07, 6.45) is 0. The number of nitrogen functional groups attached to an aromatic ring is 1. The van der Waals surface area contributed by atoms with Crippen LogP contribution in [0.2, 0.25) is 0 Å². The van der Waals surface area contributed by atoms with Crippen LogP contribution in [0.5, 0.6) is 0 Å². The maximum Gasteiger partial charge on any atom is 0.490 e. The molecular formula is C9H12BN3O2. The molecule has 15 heavy (non-hydrogen) atoms. The highest BCUT2D eigenvalue weighted by Crippen LogP contribution is 2.15. The van der Waals surface area contributed by atoms with Crippen LogP contribution in [0.1, 0.15) is 6.92 Å². The van der Waals surface area contributed by atoms with Crippen molar-refractivity contribution < 1.29 is 10.0 Å². The number of aromatic nitrogens is 2. The molecule has 0 aliphatic heterocycles. The summed E-state index contributed by atoms with van der Waals surface area (Å²) in [7, 11) is -1.52. The number of nitrogens with zero attached hydrogens (tertiary/aromatic N) is 2. The van der Waals surface area contributed by atoms with E-state index in [4.69, 9.17) is 15.8 Å². The standard InChI is InChI=1S/C9H12BN3O2/c1-2-13-7-5-3-4-6(10(14)15)8(7)12-9(13)11/h3-5,14-15H,2H2,1H3,(H2,11,12). The summed E-state index contributed by atoms with van der Waals surface area (Å²) in [5.41, 5.74) is 7.47. The van der Waals surface area contributed by atoms with Gasteiger partial charge in [0.2, 0.25) is 5.95 Å². The average molecular weight is 205 g/mol. The molecule has 0 saturated carbocycles. The molecule has 0 aliphatic rings. The third-order valence-corrected chi connectivity index (χ3v) is 2.43. The molecule has 0 fully saturated rings. The molecule has 5 nitrogen and oxygen atoms in total. The van der Waals surface area contributed by atoms with Crippen molar-refractivity contribution in [1.82, 2.24) is 9.55 Å². The Morgan fingerprint density at radius 1 is 1.47 bits per heavy atom. The lowest BCUT2D eigenvalue weighted by atomic mass is 9.79. The Hall–Kier alpha value is -1.53. The monoisotopic (exact) mass is 205 g/mol. The van der Waals surface area contributed by atoms with E-state index >= 15 is 0 Å². The number of hydrogen-bond donors (Lipinski definition) is 3. The van der Waals surface area contributed by atoms with Gasteiger partial charge in [0.15, 0.2) is 0 Å². The van der Waals surface area contributed by atoms with E-state index in [1.165, 1.54) is 0 Å². The molecule has 0 spiro atoms. The Bertz CT molecular complexity index is 495. The van der Waals surface area contributed by atoms with E-state index in [-0.39, 0.29) is 0 Å². The molecule has 2 aromatic rings. The molecule has 2 rings (SSSR count). The first kappa shape index (κ1) is 10.0. The molecule has 0 aliphatic carbocycles. The van der Waals surface area contributed by atoms with Gasteiger partial charge >= 0.3 is 7.12 Å². The van der Waals surface area contributed by atoms with Gasteiger partial charge in [-0.1, -0.05) is 12.1 Å². The first-order valence-corrected chi connectivity index (χ1v) is 4.76. The molecule has 0 amide bonds. The third-order valence-electron chi connectivity index (χ3n) is 2.43. The van der Waals surface area contributed by atoms with Crippen LogP contribution in [-0.4, -0.2) is 26.7 Å². The number of anilines is 1. The van der Waals surface area contributed by atoms with Crippen LogP contribution in [0, 0.1) is 0 Å². The van der Waals surface area contributed by atoms with Gasteiger partial charge in [-0.2, -0.15) is 0 Å². The van der Waals surface area contributed by atoms with Gasteiger partial charge in [0, 0.05) is 12.0 Å². The van der Waals surface area contributed by atoms with E-state index in [1.54, 1.807) is 12.1 Å². The lowest BCUT2D eigenvalue weighted by Crippen LogP contribution is -2.30. The normalized spacial score (nSPS) is 10.9. The molecule has 0 saturated heterocycles. The van der Waals surface area contributed by atoms with E-state index in [0.717, 1.165) is 5.52 Å². The second kappa shape index (κ2) is 3.56. The SMILES string of the molecule is CCn1c(N)nc2c(B(O)O)cccc21. The van der Waals surface area contributed by atoms with Crippen molar-refractivity contribution in [1.29, 1.82) is 0 Å². The smallest absolute Gasteiger partial charge is 0.423 e. The summed E-state index contributed by atoms with van der Waals surface area (Å²) < 4.78 is 1.82. The minimum absolute atomic E-state index is 0.381. The van der Waals surface area contributed by atoms with E-state index in [1.807, 2.05) is 17.6 Å².